The molecule has 0 saturated carbocycles. The highest BCUT2D eigenvalue weighted by molar-refractivity contribution is 5.93. The van der Waals surface area contributed by atoms with Crippen molar-refractivity contribution in [3.8, 4) is 0 Å². The Morgan fingerprint density at radius 1 is 1.67 bits per heavy atom. The molecule has 0 spiro atoms. The maximum Gasteiger partial charge on any atom is 0.267 e. The molecular weight excluding hydrogens is 228 g/mol. The maximum absolute atomic E-state index is 11.8. The number of hydrogen-bond donors (Lipinski definition) is 3. The van der Waals surface area contributed by atoms with Crippen LogP contribution in [0.4, 0.5) is 5.69 Å². The average molecular weight is 250 g/mol. The van der Waals surface area contributed by atoms with Gasteiger partial charge in [-0.2, -0.15) is 0 Å². The van der Waals surface area contributed by atoms with Crippen LogP contribution < -0.4 is 11.1 Å². The number of amides is 1. The normalized spacial score (nSPS) is 20.5. The lowest BCUT2D eigenvalue weighted by Gasteiger charge is -2.20. The number of aromatic amines is 1. The van der Waals surface area contributed by atoms with Crippen LogP contribution in [0.25, 0.3) is 0 Å². The van der Waals surface area contributed by atoms with Gasteiger partial charge in [0.05, 0.1) is 0 Å². The number of nitrogen functional groups attached to an aromatic ring is 1. The van der Waals surface area contributed by atoms with Crippen molar-refractivity contribution in [1.82, 2.24) is 15.2 Å². The number of carbonyl (C=O) groups excluding carboxylic acids is 1. The summed E-state index contributed by atoms with van der Waals surface area (Å²) in [4.78, 5) is 17.1. The van der Waals surface area contributed by atoms with Gasteiger partial charge in [0.15, 0.2) is 0 Å². The summed E-state index contributed by atoms with van der Waals surface area (Å²) >= 11 is 0. The number of rotatable bonds is 4. The van der Waals surface area contributed by atoms with E-state index >= 15 is 0 Å². The summed E-state index contributed by atoms with van der Waals surface area (Å²) in [6, 6.07) is 2.25. The van der Waals surface area contributed by atoms with E-state index in [2.05, 4.69) is 29.0 Å². The molecule has 2 rings (SSSR count). The van der Waals surface area contributed by atoms with Crippen LogP contribution in [-0.2, 0) is 0 Å². The Bertz CT molecular complexity index is 413. The molecule has 2 heterocycles. The van der Waals surface area contributed by atoms with Gasteiger partial charge in [0.2, 0.25) is 0 Å². The van der Waals surface area contributed by atoms with Crippen molar-refractivity contribution in [2.24, 2.45) is 5.92 Å². The number of nitrogens with zero attached hydrogens (tertiary/aromatic N) is 1. The standard InChI is InChI=1S/C13H22N4O/c1-9(2)17-4-3-10(8-17)6-16-13(18)12-5-11(14)7-15-12/h5,7,9-10,15H,3-4,6,8,14H2,1-2H3,(H,16,18). The topological polar surface area (TPSA) is 74.2 Å². The molecule has 1 aromatic heterocycles. The van der Waals surface area contributed by atoms with Crippen LogP contribution in [0.3, 0.4) is 0 Å². The van der Waals surface area contributed by atoms with Crippen LogP contribution in [0.5, 0.6) is 0 Å². The summed E-state index contributed by atoms with van der Waals surface area (Å²) < 4.78 is 0. The lowest BCUT2D eigenvalue weighted by molar-refractivity contribution is 0.0943. The van der Waals surface area contributed by atoms with Gasteiger partial charge in [-0.25, -0.2) is 0 Å². The third-order valence-electron chi connectivity index (χ3n) is 3.55. The van der Waals surface area contributed by atoms with Crippen molar-refractivity contribution in [1.29, 1.82) is 0 Å². The number of aromatic nitrogens is 1. The molecule has 1 saturated heterocycles. The quantitative estimate of drug-likeness (QED) is 0.748. The molecule has 1 amide bonds. The molecule has 0 aliphatic carbocycles. The van der Waals surface area contributed by atoms with E-state index in [9.17, 15) is 4.79 Å². The van der Waals surface area contributed by atoms with Gasteiger partial charge in [-0.3, -0.25) is 4.79 Å². The first-order valence-electron chi connectivity index (χ1n) is 6.52. The van der Waals surface area contributed by atoms with Crippen LogP contribution in [0.15, 0.2) is 12.3 Å². The zero-order valence-electron chi connectivity index (χ0n) is 11.1. The molecule has 4 N–H and O–H groups in total. The first-order chi connectivity index (χ1) is 8.56. The number of likely N-dealkylation sites (tertiary alicyclic amines) is 1. The molecule has 1 unspecified atom stereocenters. The Hall–Kier alpha value is -1.49. The van der Waals surface area contributed by atoms with Crippen LogP contribution in [-0.4, -0.2) is 41.5 Å². The second kappa shape index (κ2) is 5.44. The number of H-pyrrole nitrogens is 1. The molecular formula is C13H22N4O. The van der Waals surface area contributed by atoms with E-state index in [0.29, 0.717) is 23.3 Å². The van der Waals surface area contributed by atoms with Crippen LogP contribution in [0.2, 0.25) is 0 Å². The minimum absolute atomic E-state index is 0.0744. The molecule has 1 aromatic rings. The smallest absolute Gasteiger partial charge is 0.267 e. The van der Waals surface area contributed by atoms with Gasteiger partial charge < -0.3 is 20.9 Å². The Kier molecular flexibility index (Phi) is 3.91. The first-order valence-corrected chi connectivity index (χ1v) is 6.52. The molecule has 1 fully saturated rings. The van der Waals surface area contributed by atoms with E-state index in [1.165, 1.54) is 0 Å². The van der Waals surface area contributed by atoms with Gasteiger partial charge in [-0.15, -0.1) is 0 Å². The van der Waals surface area contributed by atoms with E-state index in [-0.39, 0.29) is 5.91 Å². The van der Waals surface area contributed by atoms with E-state index < -0.39 is 0 Å². The van der Waals surface area contributed by atoms with Crippen LogP contribution in [0, 0.1) is 5.92 Å². The molecule has 1 atom stereocenters. The number of nitrogens with two attached hydrogens (primary N) is 1. The summed E-state index contributed by atoms with van der Waals surface area (Å²) in [5.74, 6) is 0.485. The Balaban J connectivity index is 1.77. The average Bonchev–Trinajstić information content (AvgIpc) is 2.94. The number of anilines is 1. The van der Waals surface area contributed by atoms with Gasteiger partial charge in [0.1, 0.15) is 5.69 Å². The SMILES string of the molecule is CC(C)N1CCC(CNC(=O)c2cc(N)c[nH]2)C1. The third kappa shape index (κ3) is 3.04. The van der Waals surface area contributed by atoms with Gasteiger partial charge in [0.25, 0.3) is 5.91 Å². The van der Waals surface area contributed by atoms with E-state index in [0.717, 1.165) is 26.1 Å². The summed E-state index contributed by atoms with van der Waals surface area (Å²) in [5, 5.41) is 2.96. The van der Waals surface area contributed by atoms with E-state index in [1.807, 2.05) is 0 Å². The van der Waals surface area contributed by atoms with Crippen LogP contribution in [0.1, 0.15) is 30.8 Å². The fourth-order valence-corrected chi connectivity index (χ4v) is 2.37. The fraction of sp³-hybridized carbons (Fsp3) is 0.615. The highest BCUT2D eigenvalue weighted by Crippen LogP contribution is 2.17. The van der Waals surface area contributed by atoms with Gasteiger partial charge in [-0.05, 0) is 38.8 Å². The van der Waals surface area contributed by atoms with Crippen molar-refractivity contribution >= 4 is 11.6 Å². The van der Waals surface area contributed by atoms with E-state index in [4.69, 9.17) is 5.73 Å². The molecule has 0 aromatic carbocycles. The van der Waals surface area contributed by atoms with Crippen molar-refractivity contribution < 1.29 is 4.79 Å². The Morgan fingerprint density at radius 3 is 3.00 bits per heavy atom. The molecule has 5 heteroatoms. The predicted octanol–water partition coefficient (Wildman–Crippen LogP) is 1.06. The molecule has 100 valence electrons. The summed E-state index contributed by atoms with van der Waals surface area (Å²) in [5.41, 5.74) is 6.69. The monoisotopic (exact) mass is 250 g/mol. The fourth-order valence-electron chi connectivity index (χ4n) is 2.37. The Morgan fingerprint density at radius 2 is 2.44 bits per heavy atom. The summed E-state index contributed by atoms with van der Waals surface area (Å²) in [7, 11) is 0. The molecule has 5 nitrogen and oxygen atoms in total. The van der Waals surface area contributed by atoms with Crippen molar-refractivity contribution in [3.05, 3.63) is 18.0 Å². The van der Waals surface area contributed by atoms with E-state index in [1.54, 1.807) is 12.3 Å². The van der Waals surface area contributed by atoms with Gasteiger partial charge in [0, 0.05) is 31.0 Å². The minimum atomic E-state index is -0.0744. The minimum Gasteiger partial charge on any atom is -0.397 e. The second-order valence-corrected chi connectivity index (χ2v) is 5.30. The largest absolute Gasteiger partial charge is 0.397 e. The van der Waals surface area contributed by atoms with Crippen molar-refractivity contribution in [2.45, 2.75) is 26.3 Å². The number of nitrogens with one attached hydrogen (secondary N) is 2. The molecule has 1 aliphatic rings. The molecule has 0 radical (unpaired) electrons. The van der Waals surface area contributed by atoms with Crippen LogP contribution >= 0.6 is 0 Å². The highest BCUT2D eigenvalue weighted by Gasteiger charge is 2.24. The third-order valence-corrected chi connectivity index (χ3v) is 3.55. The summed E-state index contributed by atoms with van der Waals surface area (Å²) in [6.45, 7) is 7.37. The van der Waals surface area contributed by atoms with Gasteiger partial charge >= 0.3 is 0 Å². The zero-order valence-corrected chi connectivity index (χ0v) is 11.1. The summed E-state index contributed by atoms with van der Waals surface area (Å²) in [6.07, 6.45) is 2.79. The zero-order chi connectivity index (χ0) is 13.1. The maximum atomic E-state index is 11.8. The van der Waals surface area contributed by atoms with Crippen molar-refractivity contribution in [2.75, 3.05) is 25.4 Å². The number of carbonyl (C=O) groups is 1. The lowest BCUT2D eigenvalue weighted by atomic mass is 10.1. The first kappa shape index (κ1) is 13.0. The van der Waals surface area contributed by atoms with Gasteiger partial charge in [-0.1, -0.05) is 0 Å². The Labute approximate surface area is 108 Å². The van der Waals surface area contributed by atoms with Crippen molar-refractivity contribution in [3.63, 3.8) is 0 Å². The second-order valence-electron chi connectivity index (χ2n) is 5.30. The predicted molar refractivity (Wildman–Crippen MR) is 72.4 cm³/mol. The molecule has 0 bridgehead atoms. The highest BCUT2D eigenvalue weighted by atomic mass is 16.1. The number of hydrogen-bond acceptors (Lipinski definition) is 3. The molecule has 18 heavy (non-hydrogen) atoms. The molecule has 1 aliphatic heterocycles. The lowest BCUT2D eigenvalue weighted by Crippen LogP contribution is -2.33.